The molecular formula is C17H27NO3. The van der Waals surface area contributed by atoms with E-state index in [-0.39, 0.29) is 11.3 Å². The first-order chi connectivity index (χ1) is 9.88. The molecule has 3 rings (SSSR count). The van der Waals surface area contributed by atoms with Crippen molar-refractivity contribution in [1.29, 1.82) is 0 Å². The molecule has 1 saturated heterocycles. The van der Waals surface area contributed by atoms with Crippen LogP contribution in [-0.4, -0.2) is 34.5 Å². The summed E-state index contributed by atoms with van der Waals surface area (Å²) in [6.07, 6.45) is 7.46. The number of nitrogens with zero attached hydrogens (tertiary/aromatic N) is 1. The highest BCUT2D eigenvalue weighted by Crippen LogP contribution is 2.50. The molecule has 4 atom stereocenters. The molecule has 4 unspecified atom stereocenters. The molecule has 4 nitrogen and oxygen atoms in total. The molecule has 1 heterocycles. The maximum absolute atomic E-state index is 12.7. The lowest BCUT2D eigenvalue weighted by atomic mass is 9.76. The molecule has 2 saturated carbocycles. The zero-order valence-corrected chi connectivity index (χ0v) is 13.2. The summed E-state index contributed by atoms with van der Waals surface area (Å²) in [6, 6.07) is -0.655. The number of aliphatic carboxylic acids is 1. The van der Waals surface area contributed by atoms with Crippen LogP contribution in [0.2, 0.25) is 0 Å². The predicted molar refractivity (Wildman–Crippen MR) is 79.7 cm³/mol. The monoisotopic (exact) mass is 293 g/mol. The molecule has 1 amide bonds. The van der Waals surface area contributed by atoms with Crippen LogP contribution in [-0.2, 0) is 9.59 Å². The number of hydrogen-bond donors (Lipinski definition) is 1. The number of carbonyl (C=O) groups is 2. The molecule has 3 aliphatic rings. The van der Waals surface area contributed by atoms with Crippen LogP contribution in [0.1, 0.15) is 58.8 Å². The van der Waals surface area contributed by atoms with Gasteiger partial charge in [0.25, 0.3) is 0 Å². The van der Waals surface area contributed by atoms with E-state index in [2.05, 4.69) is 0 Å². The van der Waals surface area contributed by atoms with E-state index in [1.54, 1.807) is 4.90 Å². The molecule has 2 aliphatic carbocycles. The van der Waals surface area contributed by atoms with E-state index in [1.165, 1.54) is 25.7 Å². The number of likely N-dealkylation sites (tertiary alicyclic amines) is 1. The van der Waals surface area contributed by atoms with Crippen LogP contribution >= 0.6 is 0 Å². The van der Waals surface area contributed by atoms with Crippen molar-refractivity contribution in [3.63, 3.8) is 0 Å². The summed E-state index contributed by atoms with van der Waals surface area (Å²) < 4.78 is 0. The number of piperidine rings is 1. The van der Waals surface area contributed by atoms with Crippen molar-refractivity contribution in [2.75, 3.05) is 6.54 Å². The maximum Gasteiger partial charge on any atom is 0.326 e. The average molecular weight is 293 g/mol. The van der Waals surface area contributed by atoms with Gasteiger partial charge in [-0.25, -0.2) is 4.79 Å². The van der Waals surface area contributed by atoms with E-state index in [9.17, 15) is 14.7 Å². The van der Waals surface area contributed by atoms with Gasteiger partial charge in [-0.1, -0.05) is 20.3 Å². The quantitative estimate of drug-likeness (QED) is 0.870. The van der Waals surface area contributed by atoms with Crippen molar-refractivity contribution in [2.24, 2.45) is 23.2 Å². The Kier molecular flexibility index (Phi) is 3.74. The molecule has 1 N–H and O–H groups in total. The third kappa shape index (κ3) is 2.69. The molecule has 0 aromatic carbocycles. The number of hydrogen-bond acceptors (Lipinski definition) is 2. The Labute approximate surface area is 126 Å². The molecular weight excluding hydrogens is 266 g/mol. The Bertz CT molecular complexity index is 445. The third-order valence-corrected chi connectivity index (χ3v) is 6.15. The summed E-state index contributed by atoms with van der Waals surface area (Å²) in [5, 5.41) is 9.57. The number of amides is 1. The van der Waals surface area contributed by atoms with Gasteiger partial charge in [-0.05, 0) is 55.3 Å². The number of carboxylic acid groups (broad SMARTS) is 1. The lowest BCUT2D eigenvalue weighted by Crippen LogP contribution is -2.56. The van der Waals surface area contributed by atoms with E-state index in [1.807, 2.05) is 13.8 Å². The van der Waals surface area contributed by atoms with Crippen LogP contribution in [0.4, 0.5) is 0 Å². The molecule has 4 heteroatoms. The van der Waals surface area contributed by atoms with Crippen LogP contribution in [0.15, 0.2) is 0 Å². The van der Waals surface area contributed by atoms with Crippen molar-refractivity contribution in [2.45, 2.75) is 64.8 Å². The fourth-order valence-corrected chi connectivity index (χ4v) is 5.10. The van der Waals surface area contributed by atoms with Crippen molar-refractivity contribution in [3.05, 3.63) is 0 Å². The van der Waals surface area contributed by atoms with Gasteiger partial charge in [-0.2, -0.15) is 0 Å². The summed E-state index contributed by atoms with van der Waals surface area (Å²) in [4.78, 5) is 26.0. The van der Waals surface area contributed by atoms with Gasteiger partial charge in [0.05, 0.1) is 0 Å². The van der Waals surface area contributed by atoms with Gasteiger partial charge in [0.15, 0.2) is 0 Å². The van der Waals surface area contributed by atoms with Gasteiger partial charge in [-0.3, -0.25) is 4.79 Å². The molecule has 0 aromatic rings. The van der Waals surface area contributed by atoms with Gasteiger partial charge >= 0.3 is 5.97 Å². The fourth-order valence-electron chi connectivity index (χ4n) is 5.10. The lowest BCUT2D eigenvalue weighted by Gasteiger charge is -2.44. The minimum atomic E-state index is -0.846. The fraction of sp³-hybridized carbons (Fsp3) is 0.882. The smallest absolute Gasteiger partial charge is 0.326 e. The Hall–Kier alpha value is -1.06. The lowest BCUT2D eigenvalue weighted by molar-refractivity contribution is -0.159. The second-order valence-electron chi connectivity index (χ2n) is 8.06. The van der Waals surface area contributed by atoms with Gasteiger partial charge in [0.1, 0.15) is 6.04 Å². The SMILES string of the molecule is CC1(C)CCCN(C(=O)CC2CC3CCC2C3)C1C(=O)O. The molecule has 0 radical (unpaired) electrons. The first kappa shape index (κ1) is 14.9. The van der Waals surface area contributed by atoms with E-state index in [0.717, 1.165) is 24.7 Å². The second-order valence-corrected chi connectivity index (χ2v) is 8.06. The summed E-state index contributed by atoms with van der Waals surface area (Å²) in [7, 11) is 0. The first-order valence-electron chi connectivity index (χ1n) is 8.41. The van der Waals surface area contributed by atoms with Gasteiger partial charge in [0, 0.05) is 13.0 Å². The largest absolute Gasteiger partial charge is 0.480 e. The normalized spacial score (nSPS) is 37.7. The zero-order valence-electron chi connectivity index (χ0n) is 13.2. The number of carbonyl (C=O) groups excluding carboxylic acids is 1. The van der Waals surface area contributed by atoms with Crippen LogP contribution in [0.25, 0.3) is 0 Å². The number of fused-ring (bicyclic) bond motifs is 2. The average Bonchev–Trinajstić information content (AvgIpc) is 2.98. The van der Waals surface area contributed by atoms with Crippen molar-refractivity contribution in [1.82, 2.24) is 4.90 Å². The van der Waals surface area contributed by atoms with Crippen LogP contribution < -0.4 is 0 Å². The van der Waals surface area contributed by atoms with Crippen LogP contribution in [0, 0.1) is 23.2 Å². The molecule has 21 heavy (non-hydrogen) atoms. The van der Waals surface area contributed by atoms with Gasteiger partial charge < -0.3 is 10.0 Å². The molecule has 0 aromatic heterocycles. The predicted octanol–water partition coefficient (Wildman–Crippen LogP) is 2.91. The van der Waals surface area contributed by atoms with E-state index in [4.69, 9.17) is 0 Å². The molecule has 3 fully saturated rings. The zero-order chi connectivity index (χ0) is 15.2. The minimum absolute atomic E-state index is 0.0766. The standard InChI is InChI=1S/C17H27NO3/c1-17(2)6-3-7-18(15(17)16(20)21)14(19)10-13-9-11-4-5-12(13)8-11/h11-13,15H,3-10H2,1-2H3,(H,20,21). The molecule has 2 bridgehead atoms. The highest BCUT2D eigenvalue weighted by Gasteiger charge is 2.46. The summed E-state index contributed by atoms with van der Waals surface area (Å²) in [5.74, 6) is 1.30. The molecule has 0 spiro atoms. The van der Waals surface area contributed by atoms with E-state index >= 15 is 0 Å². The maximum atomic E-state index is 12.7. The summed E-state index contributed by atoms with van der Waals surface area (Å²) in [5.41, 5.74) is -0.325. The van der Waals surface area contributed by atoms with E-state index < -0.39 is 12.0 Å². The van der Waals surface area contributed by atoms with Gasteiger partial charge in [-0.15, -0.1) is 0 Å². The number of carboxylic acids is 1. The summed E-state index contributed by atoms with van der Waals surface area (Å²) >= 11 is 0. The third-order valence-electron chi connectivity index (χ3n) is 6.15. The highest BCUT2D eigenvalue weighted by molar-refractivity contribution is 5.84. The Morgan fingerprint density at radius 2 is 2.00 bits per heavy atom. The summed E-state index contributed by atoms with van der Waals surface area (Å²) in [6.45, 7) is 4.56. The topological polar surface area (TPSA) is 57.6 Å². The highest BCUT2D eigenvalue weighted by atomic mass is 16.4. The van der Waals surface area contributed by atoms with Crippen molar-refractivity contribution in [3.8, 4) is 0 Å². The Balaban J connectivity index is 1.69. The molecule has 1 aliphatic heterocycles. The first-order valence-corrected chi connectivity index (χ1v) is 8.41. The van der Waals surface area contributed by atoms with Crippen LogP contribution in [0.5, 0.6) is 0 Å². The second kappa shape index (κ2) is 5.29. The minimum Gasteiger partial charge on any atom is -0.480 e. The Morgan fingerprint density at radius 3 is 2.57 bits per heavy atom. The van der Waals surface area contributed by atoms with E-state index in [0.29, 0.717) is 18.9 Å². The van der Waals surface area contributed by atoms with Crippen molar-refractivity contribution < 1.29 is 14.7 Å². The Morgan fingerprint density at radius 1 is 1.24 bits per heavy atom. The number of rotatable bonds is 3. The molecule has 118 valence electrons. The van der Waals surface area contributed by atoms with Gasteiger partial charge in [0.2, 0.25) is 5.91 Å². The van der Waals surface area contributed by atoms with Crippen LogP contribution in [0.3, 0.4) is 0 Å². The van der Waals surface area contributed by atoms with Crippen molar-refractivity contribution >= 4 is 11.9 Å².